The summed E-state index contributed by atoms with van der Waals surface area (Å²) in [6, 6.07) is 50.1. The molecular formula is C44H22N2. The third-order valence-corrected chi connectivity index (χ3v) is 11.3. The van der Waals surface area contributed by atoms with E-state index in [1.54, 1.807) is 0 Å². The average Bonchev–Trinajstić information content (AvgIpc) is 3.84. The molecule has 0 N–H and O–H groups in total. The van der Waals surface area contributed by atoms with E-state index >= 15 is 0 Å². The summed E-state index contributed by atoms with van der Waals surface area (Å²) >= 11 is 0. The Bertz CT molecular complexity index is 3230. The normalized spacial score (nSPS) is 13.2. The molecule has 4 aromatic heterocycles. The van der Waals surface area contributed by atoms with Crippen molar-refractivity contribution >= 4 is 119 Å². The molecule has 13 aromatic rings. The first-order valence-corrected chi connectivity index (χ1v) is 16.1. The van der Waals surface area contributed by atoms with E-state index in [2.05, 4.69) is 142 Å². The number of benzene rings is 9. The Balaban J connectivity index is 1.49. The second kappa shape index (κ2) is 7.22. The Morgan fingerprint density at radius 2 is 0.500 bits per heavy atom. The standard InChI is InChI=1S/C44H22N2/c1-5-19-31-23(11-1)37-27-15-9-17-29-35(27)39(41-25-13-3-7-21-33(25)45(31)43(37)41)30-18-10-16-28-36(30)40(29)42-26-14-4-8-22-34(26)46-32-20-6-2-12-24(32)38(28)44(42)46/h1-22H. The number of para-hydroxylation sites is 4. The van der Waals surface area contributed by atoms with Gasteiger partial charge in [0.25, 0.3) is 0 Å². The van der Waals surface area contributed by atoms with Crippen LogP contribution in [0.5, 0.6) is 0 Å². The van der Waals surface area contributed by atoms with Crippen molar-refractivity contribution in [2.24, 2.45) is 0 Å². The van der Waals surface area contributed by atoms with Crippen LogP contribution >= 0.6 is 0 Å². The van der Waals surface area contributed by atoms with Crippen LogP contribution in [0.3, 0.4) is 0 Å². The largest absolute Gasteiger partial charge is 0.308 e. The topological polar surface area (TPSA) is 8.82 Å². The van der Waals surface area contributed by atoms with Gasteiger partial charge in [0.2, 0.25) is 0 Å². The summed E-state index contributed by atoms with van der Waals surface area (Å²) in [4.78, 5) is 0. The van der Waals surface area contributed by atoms with Crippen LogP contribution < -0.4 is 0 Å². The van der Waals surface area contributed by atoms with Gasteiger partial charge in [-0.2, -0.15) is 0 Å². The van der Waals surface area contributed by atoms with Crippen molar-refractivity contribution in [1.29, 1.82) is 0 Å². The molecule has 0 aliphatic carbocycles. The minimum absolute atomic E-state index is 1.28. The molecule has 46 heavy (non-hydrogen) atoms. The zero-order valence-electron chi connectivity index (χ0n) is 24.6. The molecular weight excluding hydrogens is 556 g/mol. The van der Waals surface area contributed by atoms with Crippen LogP contribution in [0.2, 0.25) is 0 Å². The van der Waals surface area contributed by atoms with E-state index < -0.39 is 0 Å². The highest BCUT2D eigenvalue weighted by molar-refractivity contribution is 6.51. The second-order valence-corrected chi connectivity index (χ2v) is 13.1. The summed E-state index contributed by atoms with van der Waals surface area (Å²) in [5.74, 6) is 0. The highest BCUT2D eigenvalue weighted by Crippen LogP contribution is 2.54. The Kier molecular flexibility index (Phi) is 3.52. The maximum absolute atomic E-state index is 2.53. The van der Waals surface area contributed by atoms with Gasteiger partial charge in [-0.15, -0.1) is 0 Å². The van der Waals surface area contributed by atoms with Crippen LogP contribution in [0, 0.1) is 0 Å². The van der Waals surface area contributed by atoms with Gasteiger partial charge in [0.1, 0.15) is 0 Å². The Labute approximate surface area is 260 Å². The van der Waals surface area contributed by atoms with Crippen molar-refractivity contribution in [3.05, 3.63) is 133 Å². The van der Waals surface area contributed by atoms with E-state index in [-0.39, 0.29) is 0 Å². The summed E-state index contributed by atoms with van der Waals surface area (Å²) in [6.45, 7) is 0. The van der Waals surface area contributed by atoms with Crippen molar-refractivity contribution < 1.29 is 0 Å². The SMILES string of the molecule is c1cc2c3c(c1)c1c4ccccc4n4c5ccccc5c(c3c3cccc5c3c2c2c3ccccc3n3c6ccccc6c5c23)c14. The lowest BCUT2D eigenvalue weighted by atomic mass is 9.84. The highest BCUT2D eigenvalue weighted by Gasteiger charge is 2.28. The second-order valence-electron chi connectivity index (χ2n) is 13.1. The van der Waals surface area contributed by atoms with Crippen molar-refractivity contribution in [2.75, 3.05) is 0 Å². The number of hydrogen-bond acceptors (Lipinski definition) is 0. The first-order chi connectivity index (χ1) is 22.9. The monoisotopic (exact) mass is 578 g/mol. The number of aromatic nitrogens is 2. The van der Waals surface area contributed by atoms with Gasteiger partial charge in [-0.25, -0.2) is 0 Å². The van der Waals surface area contributed by atoms with Gasteiger partial charge in [0.05, 0.1) is 33.1 Å². The minimum Gasteiger partial charge on any atom is -0.308 e. The van der Waals surface area contributed by atoms with Gasteiger partial charge in [0, 0.05) is 53.9 Å². The third kappa shape index (κ3) is 2.18. The van der Waals surface area contributed by atoms with E-state index in [0.717, 1.165) is 0 Å². The summed E-state index contributed by atoms with van der Waals surface area (Å²) < 4.78 is 5.06. The molecule has 0 amide bonds. The fourth-order valence-electron chi connectivity index (χ4n) is 9.79. The molecule has 0 bridgehead atoms. The van der Waals surface area contributed by atoms with Gasteiger partial charge < -0.3 is 8.80 Å². The van der Waals surface area contributed by atoms with E-state index in [0.29, 0.717) is 0 Å². The lowest BCUT2D eigenvalue weighted by molar-refractivity contribution is 1.37. The highest BCUT2D eigenvalue weighted by atomic mass is 14.9. The predicted octanol–water partition coefficient (Wildman–Crippen LogP) is 12.0. The van der Waals surface area contributed by atoms with Gasteiger partial charge in [-0.1, -0.05) is 109 Å². The molecule has 0 atom stereocenters. The van der Waals surface area contributed by atoms with Crippen molar-refractivity contribution in [1.82, 2.24) is 8.80 Å². The number of nitrogens with zero attached hydrogens (tertiary/aromatic N) is 2. The smallest absolute Gasteiger partial charge is 0.0633 e. The summed E-state index contributed by atoms with van der Waals surface area (Å²) in [5.41, 5.74) is 7.80. The maximum atomic E-state index is 2.53. The zero-order valence-corrected chi connectivity index (χ0v) is 24.6. The molecule has 0 radical (unpaired) electrons. The van der Waals surface area contributed by atoms with Crippen molar-refractivity contribution in [3.8, 4) is 0 Å². The molecule has 208 valence electrons. The Morgan fingerprint density at radius 1 is 0.217 bits per heavy atom. The number of fused-ring (bicyclic) bond motifs is 18. The van der Waals surface area contributed by atoms with Crippen molar-refractivity contribution in [2.45, 2.75) is 0 Å². The first kappa shape index (κ1) is 22.4. The molecule has 0 aliphatic rings. The molecule has 0 aliphatic heterocycles. The molecule has 0 saturated heterocycles. The van der Waals surface area contributed by atoms with Gasteiger partial charge in [-0.3, -0.25) is 0 Å². The van der Waals surface area contributed by atoms with Crippen molar-refractivity contribution in [3.63, 3.8) is 0 Å². The van der Waals surface area contributed by atoms with E-state index in [1.807, 2.05) is 0 Å². The molecule has 2 nitrogen and oxygen atoms in total. The van der Waals surface area contributed by atoms with E-state index in [9.17, 15) is 0 Å². The maximum Gasteiger partial charge on any atom is 0.0633 e. The third-order valence-electron chi connectivity index (χ3n) is 11.3. The van der Waals surface area contributed by atoms with Crippen LogP contribution in [0.15, 0.2) is 133 Å². The minimum atomic E-state index is 1.28. The summed E-state index contributed by atoms with van der Waals surface area (Å²) in [5, 5.41) is 21.7. The zero-order chi connectivity index (χ0) is 29.4. The van der Waals surface area contributed by atoms with E-state index in [4.69, 9.17) is 0 Å². The summed E-state index contributed by atoms with van der Waals surface area (Å²) in [6.07, 6.45) is 0. The lowest BCUT2D eigenvalue weighted by Crippen LogP contribution is -1.90. The van der Waals surface area contributed by atoms with Gasteiger partial charge >= 0.3 is 0 Å². The first-order valence-electron chi connectivity index (χ1n) is 16.1. The number of rotatable bonds is 0. The van der Waals surface area contributed by atoms with E-state index in [1.165, 1.54) is 119 Å². The molecule has 0 fully saturated rings. The Hall–Kier alpha value is -6.12. The predicted molar refractivity (Wildman–Crippen MR) is 197 cm³/mol. The van der Waals surface area contributed by atoms with Crippen LogP contribution in [0.1, 0.15) is 0 Å². The molecule has 0 saturated carbocycles. The molecule has 2 heteroatoms. The molecule has 4 heterocycles. The van der Waals surface area contributed by atoms with Crippen LogP contribution in [0.25, 0.3) is 119 Å². The molecule has 13 rings (SSSR count). The molecule has 9 aromatic carbocycles. The fraction of sp³-hybridized carbons (Fsp3) is 0. The van der Waals surface area contributed by atoms with Crippen LogP contribution in [-0.2, 0) is 0 Å². The Morgan fingerprint density at radius 3 is 0.870 bits per heavy atom. The molecule has 0 unspecified atom stereocenters. The van der Waals surface area contributed by atoms with Gasteiger partial charge in [0.15, 0.2) is 0 Å². The lowest BCUT2D eigenvalue weighted by Gasteiger charge is -2.18. The van der Waals surface area contributed by atoms with Crippen LogP contribution in [0.4, 0.5) is 0 Å². The summed E-state index contributed by atoms with van der Waals surface area (Å²) in [7, 11) is 0. The van der Waals surface area contributed by atoms with Crippen LogP contribution in [-0.4, -0.2) is 8.80 Å². The van der Waals surface area contributed by atoms with Gasteiger partial charge in [-0.05, 0) is 56.6 Å². The quantitative estimate of drug-likeness (QED) is 0.125. The molecule has 0 spiro atoms. The fourth-order valence-corrected chi connectivity index (χ4v) is 9.79. The average molecular weight is 579 g/mol. The number of hydrogen-bond donors (Lipinski definition) is 0.